The molecule has 0 unspecified atom stereocenters. The average Bonchev–Trinajstić information content (AvgIpc) is 2.80. The van der Waals surface area contributed by atoms with Crippen molar-refractivity contribution < 1.29 is 13.6 Å². The molecule has 0 saturated heterocycles. The summed E-state index contributed by atoms with van der Waals surface area (Å²) in [5.74, 6) is -2.24. The molecule has 0 saturated carbocycles. The number of pyridine rings is 2. The first-order chi connectivity index (χ1) is 15.4. The Morgan fingerprint density at radius 1 is 0.906 bits per heavy atom. The number of carbonyl (C=O) groups is 1. The van der Waals surface area contributed by atoms with Gasteiger partial charge in [-0.1, -0.05) is 24.3 Å². The molecule has 4 rings (SSSR count). The number of benzene rings is 2. The highest BCUT2D eigenvalue weighted by Gasteiger charge is 2.15. The van der Waals surface area contributed by atoms with Crippen molar-refractivity contribution in [3.05, 3.63) is 107 Å². The number of hydrogen-bond donors (Lipinski definition) is 1. The fourth-order valence-electron chi connectivity index (χ4n) is 3.31. The van der Waals surface area contributed by atoms with Crippen LogP contribution in [0.25, 0.3) is 22.4 Å². The van der Waals surface area contributed by atoms with Gasteiger partial charge < -0.3 is 5.32 Å². The van der Waals surface area contributed by atoms with E-state index < -0.39 is 11.6 Å². The normalized spacial score (nSPS) is 10.8. The van der Waals surface area contributed by atoms with Crippen LogP contribution in [0.1, 0.15) is 27.2 Å². The van der Waals surface area contributed by atoms with Crippen molar-refractivity contribution in [2.45, 2.75) is 20.4 Å². The second kappa shape index (κ2) is 9.06. The second-order valence-corrected chi connectivity index (χ2v) is 7.61. The van der Waals surface area contributed by atoms with E-state index >= 15 is 0 Å². The predicted molar refractivity (Wildman–Crippen MR) is 120 cm³/mol. The summed E-state index contributed by atoms with van der Waals surface area (Å²) in [6, 6.07) is 16.4. The van der Waals surface area contributed by atoms with Crippen LogP contribution in [-0.4, -0.2) is 15.9 Å². The van der Waals surface area contributed by atoms with Gasteiger partial charge in [-0.25, -0.2) is 8.78 Å². The summed E-state index contributed by atoms with van der Waals surface area (Å²) in [4.78, 5) is 21.6. The molecule has 2 aromatic carbocycles. The Balaban J connectivity index is 1.72. The van der Waals surface area contributed by atoms with E-state index in [1.54, 1.807) is 30.6 Å². The van der Waals surface area contributed by atoms with Crippen LogP contribution in [0.5, 0.6) is 0 Å². The van der Waals surface area contributed by atoms with Crippen molar-refractivity contribution in [2.24, 2.45) is 0 Å². The third-order valence-electron chi connectivity index (χ3n) is 5.09. The third kappa shape index (κ3) is 4.70. The van der Waals surface area contributed by atoms with Crippen LogP contribution >= 0.6 is 0 Å². The number of halogens is 2. The summed E-state index contributed by atoms with van der Waals surface area (Å²) in [6.45, 7) is 4.11. The molecule has 0 aliphatic heterocycles. The molecule has 0 radical (unpaired) electrons. The van der Waals surface area contributed by atoms with E-state index in [0.29, 0.717) is 28.9 Å². The Labute approximate surface area is 185 Å². The van der Waals surface area contributed by atoms with Crippen LogP contribution in [0.15, 0.2) is 73.1 Å². The monoisotopic (exact) mass is 429 g/mol. The number of carbonyl (C=O) groups excluding carboxylic acids is 1. The Bertz CT molecular complexity index is 1270. The maximum Gasteiger partial charge on any atom is 0.251 e. The summed E-state index contributed by atoms with van der Waals surface area (Å²) in [6.07, 6.45) is 3.42. The number of nitrogens with zero attached hydrogens (tertiary/aromatic N) is 2. The van der Waals surface area contributed by atoms with E-state index in [1.807, 2.05) is 38.1 Å². The molecule has 0 aliphatic rings. The van der Waals surface area contributed by atoms with Crippen LogP contribution in [0.4, 0.5) is 8.78 Å². The van der Waals surface area contributed by atoms with Crippen molar-refractivity contribution in [1.29, 1.82) is 0 Å². The lowest BCUT2D eigenvalue weighted by atomic mass is 9.97. The summed E-state index contributed by atoms with van der Waals surface area (Å²) < 4.78 is 28.4. The highest BCUT2D eigenvalue weighted by atomic mass is 19.2. The molecule has 0 aliphatic carbocycles. The molecule has 0 bridgehead atoms. The van der Waals surface area contributed by atoms with Gasteiger partial charge in [0.15, 0.2) is 11.6 Å². The number of aryl methyl sites for hydroxylation is 2. The lowest BCUT2D eigenvalue weighted by molar-refractivity contribution is 0.0951. The van der Waals surface area contributed by atoms with E-state index in [9.17, 15) is 13.6 Å². The zero-order chi connectivity index (χ0) is 22.7. The molecule has 0 atom stereocenters. The molecule has 2 aromatic heterocycles. The lowest BCUT2D eigenvalue weighted by Crippen LogP contribution is -2.23. The van der Waals surface area contributed by atoms with Gasteiger partial charge in [0, 0.05) is 41.3 Å². The third-order valence-corrected chi connectivity index (χ3v) is 5.09. The van der Waals surface area contributed by atoms with Gasteiger partial charge in [0.05, 0.1) is 5.69 Å². The van der Waals surface area contributed by atoms with Gasteiger partial charge in [0.1, 0.15) is 0 Å². The predicted octanol–water partition coefficient (Wildman–Crippen LogP) is 5.64. The molecule has 6 heteroatoms. The summed E-state index contributed by atoms with van der Waals surface area (Å²) in [5, 5.41) is 2.86. The zero-order valence-corrected chi connectivity index (χ0v) is 17.7. The maximum absolute atomic E-state index is 14.5. The Morgan fingerprint density at radius 3 is 2.44 bits per heavy atom. The van der Waals surface area contributed by atoms with E-state index in [1.165, 1.54) is 12.1 Å². The number of rotatable bonds is 5. The maximum atomic E-state index is 14.5. The smallest absolute Gasteiger partial charge is 0.251 e. The van der Waals surface area contributed by atoms with Crippen LogP contribution in [-0.2, 0) is 6.54 Å². The largest absolute Gasteiger partial charge is 0.348 e. The van der Waals surface area contributed by atoms with E-state index in [0.717, 1.165) is 22.9 Å². The first-order valence-electron chi connectivity index (χ1n) is 10.1. The topological polar surface area (TPSA) is 54.9 Å². The van der Waals surface area contributed by atoms with E-state index in [2.05, 4.69) is 15.3 Å². The fraction of sp³-hybridized carbons (Fsp3) is 0.115. The molecular formula is C26H21F2N3O. The number of amides is 1. The molecular weight excluding hydrogens is 408 g/mol. The average molecular weight is 429 g/mol. The summed E-state index contributed by atoms with van der Waals surface area (Å²) in [7, 11) is 0. The molecule has 2 heterocycles. The van der Waals surface area contributed by atoms with Crippen LogP contribution in [0, 0.1) is 25.5 Å². The van der Waals surface area contributed by atoms with Gasteiger partial charge in [-0.3, -0.25) is 14.8 Å². The molecule has 32 heavy (non-hydrogen) atoms. The second-order valence-electron chi connectivity index (χ2n) is 7.61. The minimum absolute atomic E-state index is 0.0794. The molecule has 0 spiro atoms. The van der Waals surface area contributed by atoms with E-state index in [-0.39, 0.29) is 11.5 Å². The van der Waals surface area contributed by atoms with Gasteiger partial charge >= 0.3 is 0 Å². The first kappa shape index (κ1) is 21.3. The molecule has 4 aromatic rings. The molecule has 0 fully saturated rings. The van der Waals surface area contributed by atoms with Crippen molar-refractivity contribution in [3.63, 3.8) is 0 Å². The Morgan fingerprint density at radius 2 is 1.72 bits per heavy atom. The van der Waals surface area contributed by atoms with Gasteiger partial charge in [-0.05, 0) is 66.9 Å². The Kier molecular flexibility index (Phi) is 6.03. The summed E-state index contributed by atoms with van der Waals surface area (Å²) >= 11 is 0. The quantitative estimate of drug-likeness (QED) is 0.447. The number of aromatic nitrogens is 2. The Hall–Kier alpha value is -3.93. The number of nitrogens with one attached hydrogen (secondary N) is 1. The van der Waals surface area contributed by atoms with Crippen molar-refractivity contribution in [3.8, 4) is 22.4 Å². The van der Waals surface area contributed by atoms with Gasteiger partial charge in [-0.15, -0.1) is 0 Å². The van der Waals surface area contributed by atoms with E-state index in [4.69, 9.17) is 0 Å². The van der Waals surface area contributed by atoms with Gasteiger partial charge in [0.2, 0.25) is 0 Å². The highest BCUT2D eigenvalue weighted by Crippen LogP contribution is 2.30. The van der Waals surface area contributed by atoms with Gasteiger partial charge in [-0.2, -0.15) is 0 Å². The molecule has 1 N–H and O–H groups in total. The first-order valence-corrected chi connectivity index (χ1v) is 10.1. The van der Waals surface area contributed by atoms with Crippen LogP contribution in [0.3, 0.4) is 0 Å². The molecule has 160 valence electrons. The minimum atomic E-state index is -0.960. The van der Waals surface area contributed by atoms with Crippen molar-refractivity contribution >= 4 is 5.91 Å². The molecule has 1 amide bonds. The van der Waals surface area contributed by atoms with Gasteiger partial charge in [0.25, 0.3) is 5.91 Å². The van der Waals surface area contributed by atoms with Crippen molar-refractivity contribution in [1.82, 2.24) is 15.3 Å². The van der Waals surface area contributed by atoms with Crippen LogP contribution < -0.4 is 5.32 Å². The SMILES string of the molecule is Cc1ccc(-c2cc(C(=O)NCc3ccc(C)nc3)cc(-c3cccc(F)c3F)c2)nc1. The minimum Gasteiger partial charge on any atom is -0.348 e. The standard InChI is InChI=1S/C26H21F2N3O/c1-16-6-9-24(30-13-16)20-10-19(22-4-3-5-23(27)25(22)28)11-21(12-20)26(32)31-15-18-8-7-17(2)29-14-18/h3-14H,15H2,1-2H3,(H,31,32). The van der Waals surface area contributed by atoms with Crippen molar-refractivity contribution in [2.75, 3.05) is 0 Å². The lowest BCUT2D eigenvalue weighted by Gasteiger charge is -2.12. The number of hydrogen-bond acceptors (Lipinski definition) is 3. The van der Waals surface area contributed by atoms with Crippen LogP contribution in [0.2, 0.25) is 0 Å². The molecule has 4 nitrogen and oxygen atoms in total. The zero-order valence-electron chi connectivity index (χ0n) is 17.7. The summed E-state index contributed by atoms with van der Waals surface area (Å²) in [5.41, 5.74) is 4.80. The highest BCUT2D eigenvalue weighted by molar-refractivity contribution is 5.97. The fourth-order valence-corrected chi connectivity index (χ4v) is 3.31.